The third kappa shape index (κ3) is 4.11. The van der Waals surface area contributed by atoms with Gasteiger partial charge in [0.2, 0.25) is 0 Å². The summed E-state index contributed by atoms with van der Waals surface area (Å²) in [5.74, 6) is 0.408. The van der Waals surface area contributed by atoms with Crippen molar-refractivity contribution in [2.75, 3.05) is 5.32 Å². The van der Waals surface area contributed by atoms with Crippen LogP contribution in [-0.4, -0.2) is 12.1 Å². The predicted octanol–water partition coefficient (Wildman–Crippen LogP) is 3.51. The second kappa shape index (κ2) is 5.75. The monoisotopic (exact) mass is 240 g/mol. The normalized spacial score (nSPS) is 12.3. The second-order valence-electron chi connectivity index (χ2n) is 4.14. The molecule has 0 fully saturated rings. The van der Waals surface area contributed by atoms with E-state index in [9.17, 15) is 4.79 Å². The Morgan fingerprint density at radius 2 is 2.00 bits per heavy atom. The number of benzene rings is 1. The van der Waals surface area contributed by atoms with Gasteiger partial charge in [-0.05, 0) is 31.0 Å². The maximum absolute atomic E-state index is 11.6. The number of carbonyl (C=O) groups excluding carboxylic acids is 1. The Kier molecular flexibility index (Phi) is 4.62. The zero-order valence-corrected chi connectivity index (χ0v) is 10.5. The Bertz CT molecular complexity index is 366. The van der Waals surface area contributed by atoms with Crippen LogP contribution < -0.4 is 10.6 Å². The molecule has 0 aromatic heterocycles. The maximum Gasteiger partial charge on any atom is 0.319 e. The first kappa shape index (κ1) is 12.8. The third-order valence-corrected chi connectivity index (χ3v) is 2.68. The number of hydrogen-bond donors (Lipinski definition) is 2. The topological polar surface area (TPSA) is 41.1 Å². The van der Waals surface area contributed by atoms with Crippen LogP contribution in [0.25, 0.3) is 0 Å². The van der Waals surface area contributed by atoms with E-state index in [2.05, 4.69) is 24.5 Å². The van der Waals surface area contributed by atoms with Crippen molar-refractivity contribution in [1.82, 2.24) is 5.32 Å². The lowest BCUT2D eigenvalue weighted by atomic mass is 10.1. The molecule has 4 heteroatoms. The van der Waals surface area contributed by atoms with Gasteiger partial charge in [0.25, 0.3) is 0 Å². The molecule has 0 radical (unpaired) electrons. The number of amides is 2. The molecule has 1 aromatic rings. The van der Waals surface area contributed by atoms with Crippen molar-refractivity contribution in [1.29, 1.82) is 0 Å². The lowest BCUT2D eigenvalue weighted by Gasteiger charge is -2.17. The van der Waals surface area contributed by atoms with Gasteiger partial charge in [-0.25, -0.2) is 4.79 Å². The highest BCUT2D eigenvalue weighted by atomic mass is 35.5. The average Bonchev–Trinajstić information content (AvgIpc) is 2.16. The van der Waals surface area contributed by atoms with Crippen molar-refractivity contribution in [2.24, 2.45) is 5.92 Å². The molecule has 1 atom stereocenters. The predicted molar refractivity (Wildman–Crippen MR) is 67.9 cm³/mol. The molecule has 0 saturated heterocycles. The zero-order chi connectivity index (χ0) is 12.1. The quantitative estimate of drug-likeness (QED) is 0.834. The van der Waals surface area contributed by atoms with Crippen molar-refractivity contribution < 1.29 is 4.79 Å². The fourth-order valence-electron chi connectivity index (χ4n) is 1.11. The molecular formula is C12H17ClN2O. The number of rotatable bonds is 3. The van der Waals surface area contributed by atoms with E-state index < -0.39 is 0 Å². The molecule has 0 aliphatic rings. The van der Waals surface area contributed by atoms with Crippen LogP contribution in [0.3, 0.4) is 0 Å². The molecular weight excluding hydrogens is 224 g/mol. The number of nitrogens with one attached hydrogen (secondary N) is 2. The summed E-state index contributed by atoms with van der Waals surface area (Å²) in [5, 5.41) is 6.19. The Morgan fingerprint density at radius 3 is 2.56 bits per heavy atom. The van der Waals surface area contributed by atoms with Gasteiger partial charge in [0, 0.05) is 16.8 Å². The molecule has 16 heavy (non-hydrogen) atoms. The van der Waals surface area contributed by atoms with Gasteiger partial charge in [-0.3, -0.25) is 0 Å². The summed E-state index contributed by atoms with van der Waals surface area (Å²) in [7, 11) is 0. The fourth-order valence-corrected chi connectivity index (χ4v) is 1.30. The van der Waals surface area contributed by atoms with Gasteiger partial charge < -0.3 is 10.6 Å². The summed E-state index contributed by atoms with van der Waals surface area (Å²) in [5.41, 5.74) is 0.695. The van der Waals surface area contributed by atoms with E-state index in [-0.39, 0.29) is 12.1 Å². The highest BCUT2D eigenvalue weighted by Crippen LogP contribution is 2.14. The molecule has 1 rings (SSSR count). The minimum Gasteiger partial charge on any atom is -0.335 e. The molecule has 0 aliphatic carbocycles. The number of anilines is 1. The summed E-state index contributed by atoms with van der Waals surface area (Å²) in [4.78, 5) is 11.6. The molecule has 3 nitrogen and oxygen atoms in total. The zero-order valence-electron chi connectivity index (χ0n) is 9.75. The Labute approximate surface area is 101 Å². The van der Waals surface area contributed by atoms with Crippen molar-refractivity contribution in [3.05, 3.63) is 29.3 Å². The van der Waals surface area contributed by atoms with Crippen molar-refractivity contribution in [2.45, 2.75) is 26.8 Å². The van der Waals surface area contributed by atoms with E-state index in [1.165, 1.54) is 0 Å². The van der Waals surface area contributed by atoms with Crippen LogP contribution in [0.2, 0.25) is 5.02 Å². The SMILES string of the molecule is CC(C)C(C)NC(=O)Nc1cccc(Cl)c1. The molecule has 0 spiro atoms. The van der Waals surface area contributed by atoms with E-state index in [4.69, 9.17) is 11.6 Å². The number of carbonyl (C=O) groups is 1. The van der Waals surface area contributed by atoms with Gasteiger partial charge in [0.05, 0.1) is 0 Å². The number of urea groups is 1. The summed E-state index contributed by atoms with van der Waals surface area (Å²) in [6.45, 7) is 6.09. The van der Waals surface area contributed by atoms with Crippen molar-refractivity contribution in [3.8, 4) is 0 Å². The summed E-state index contributed by atoms with van der Waals surface area (Å²) >= 11 is 5.81. The maximum atomic E-state index is 11.6. The van der Waals surface area contributed by atoms with Crippen LogP contribution in [0, 0.1) is 5.92 Å². The summed E-state index contributed by atoms with van der Waals surface area (Å²) in [6.07, 6.45) is 0. The molecule has 0 saturated carbocycles. The first-order chi connectivity index (χ1) is 7.49. The lowest BCUT2D eigenvalue weighted by molar-refractivity contribution is 0.246. The highest BCUT2D eigenvalue weighted by molar-refractivity contribution is 6.30. The minimum atomic E-state index is -0.205. The van der Waals surface area contributed by atoms with Gasteiger partial charge in [-0.15, -0.1) is 0 Å². The van der Waals surface area contributed by atoms with Gasteiger partial charge >= 0.3 is 6.03 Å². The minimum absolute atomic E-state index is 0.138. The van der Waals surface area contributed by atoms with Crippen molar-refractivity contribution >= 4 is 23.3 Å². The molecule has 0 heterocycles. The molecule has 1 aromatic carbocycles. The molecule has 2 amide bonds. The Balaban J connectivity index is 2.52. The molecule has 0 aliphatic heterocycles. The van der Waals surface area contributed by atoms with Crippen LogP contribution in [0.1, 0.15) is 20.8 Å². The van der Waals surface area contributed by atoms with Gasteiger partial charge in [0.15, 0.2) is 0 Å². The smallest absolute Gasteiger partial charge is 0.319 e. The Hall–Kier alpha value is -1.22. The van der Waals surface area contributed by atoms with Crippen LogP contribution in [0.15, 0.2) is 24.3 Å². The standard InChI is InChI=1S/C12H17ClN2O/c1-8(2)9(3)14-12(16)15-11-6-4-5-10(13)7-11/h4-9H,1-3H3,(H2,14,15,16). The van der Waals surface area contributed by atoms with Gasteiger partial charge in [-0.1, -0.05) is 31.5 Å². The summed E-state index contributed by atoms with van der Waals surface area (Å²) < 4.78 is 0. The lowest BCUT2D eigenvalue weighted by Crippen LogP contribution is -2.38. The third-order valence-electron chi connectivity index (χ3n) is 2.44. The fraction of sp³-hybridized carbons (Fsp3) is 0.417. The first-order valence-electron chi connectivity index (χ1n) is 5.32. The average molecular weight is 241 g/mol. The van der Waals surface area contributed by atoms with E-state index in [1.54, 1.807) is 24.3 Å². The van der Waals surface area contributed by atoms with Crippen molar-refractivity contribution in [3.63, 3.8) is 0 Å². The molecule has 88 valence electrons. The van der Waals surface area contributed by atoms with E-state index in [0.29, 0.717) is 16.6 Å². The van der Waals surface area contributed by atoms with Gasteiger partial charge in [0.1, 0.15) is 0 Å². The first-order valence-corrected chi connectivity index (χ1v) is 5.70. The highest BCUT2D eigenvalue weighted by Gasteiger charge is 2.10. The molecule has 2 N–H and O–H groups in total. The Morgan fingerprint density at radius 1 is 1.31 bits per heavy atom. The number of hydrogen-bond acceptors (Lipinski definition) is 1. The largest absolute Gasteiger partial charge is 0.335 e. The molecule has 1 unspecified atom stereocenters. The summed E-state index contributed by atoms with van der Waals surface area (Å²) in [6, 6.07) is 7.00. The second-order valence-corrected chi connectivity index (χ2v) is 4.58. The molecule has 0 bridgehead atoms. The van der Waals surface area contributed by atoms with Crippen LogP contribution in [0.4, 0.5) is 10.5 Å². The van der Waals surface area contributed by atoms with E-state index in [0.717, 1.165) is 0 Å². The van der Waals surface area contributed by atoms with Crippen LogP contribution in [-0.2, 0) is 0 Å². The van der Waals surface area contributed by atoms with Crippen LogP contribution >= 0.6 is 11.6 Å². The number of halogens is 1. The van der Waals surface area contributed by atoms with E-state index >= 15 is 0 Å². The van der Waals surface area contributed by atoms with E-state index in [1.807, 2.05) is 6.92 Å². The van der Waals surface area contributed by atoms with Crippen LogP contribution in [0.5, 0.6) is 0 Å². The van der Waals surface area contributed by atoms with Gasteiger partial charge in [-0.2, -0.15) is 0 Å².